The van der Waals surface area contributed by atoms with E-state index in [1.54, 1.807) is 0 Å². The topological polar surface area (TPSA) is 35.2 Å². The van der Waals surface area contributed by atoms with Crippen LogP contribution in [-0.4, -0.2) is 13.2 Å². The first-order chi connectivity index (χ1) is 7.90. The van der Waals surface area contributed by atoms with E-state index in [2.05, 4.69) is 20.8 Å². The highest BCUT2D eigenvalue weighted by Crippen LogP contribution is 2.21. The lowest BCUT2D eigenvalue weighted by Gasteiger charge is -2.18. The maximum absolute atomic E-state index is 13.3. The molecule has 1 rings (SSSR count). The summed E-state index contributed by atoms with van der Waals surface area (Å²) in [5.74, 6) is 0.333. The highest BCUT2D eigenvalue weighted by Gasteiger charge is 2.10. The Hall–Kier alpha value is -1.09. The minimum absolute atomic E-state index is 0.230. The van der Waals surface area contributed by atoms with E-state index in [9.17, 15) is 4.39 Å². The van der Waals surface area contributed by atoms with Crippen molar-refractivity contribution in [1.82, 2.24) is 0 Å². The summed E-state index contributed by atoms with van der Waals surface area (Å²) in [5, 5.41) is 0. The molecule has 0 aromatic heterocycles. The average molecular weight is 239 g/mol. The fourth-order valence-electron chi connectivity index (χ4n) is 1.49. The van der Waals surface area contributed by atoms with Gasteiger partial charge in [-0.15, -0.1) is 0 Å². The number of benzene rings is 1. The molecule has 0 aliphatic carbocycles. The third-order valence-corrected chi connectivity index (χ3v) is 2.48. The molecule has 0 amide bonds. The Bertz CT molecular complexity index is 358. The van der Waals surface area contributed by atoms with Gasteiger partial charge in [-0.2, -0.15) is 0 Å². The zero-order valence-electron chi connectivity index (χ0n) is 10.9. The third kappa shape index (κ3) is 5.68. The van der Waals surface area contributed by atoms with Crippen molar-refractivity contribution in [3.8, 4) is 5.75 Å². The highest BCUT2D eigenvalue weighted by molar-refractivity contribution is 5.29. The van der Waals surface area contributed by atoms with Gasteiger partial charge in [-0.05, 0) is 42.5 Å². The quantitative estimate of drug-likeness (QED) is 0.856. The summed E-state index contributed by atoms with van der Waals surface area (Å²) in [4.78, 5) is 0. The summed E-state index contributed by atoms with van der Waals surface area (Å²) in [5.41, 5.74) is 6.57. The van der Waals surface area contributed by atoms with E-state index >= 15 is 0 Å². The standard InChI is InChI=1S/C14H22FNO/c1-14(2,3)5-7-17-13-9-11(4-6-16)8-12(15)10-13/h8-10H,4-7,16H2,1-3H3. The van der Waals surface area contributed by atoms with Crippen molar-refractivity contribution < 1.29 is 9.13 Å². The molecule has 1 aromatic carbocycles. The van der Waals surface area contributed by atoms with E-state index in [1.165, 1.54) is 12.1 Å². The van der Waals surface area contributed by atoms with Crippen molar-refractivity contribution >= 4 is 0 Å². The number of ether oxygens (including phenoxy) is 1. The summed E-state index contributed by atoms with van der Waals surface area (Å²) >= 11 is 0. The molecule has 0 heterocycles. The zero-order chi connectivity index (χ0) is 12.9. The fraction of sp³-hybridized carbons (Fsp3) is 0.571. The molecule has 0 unspecified atom stereocenters. The molecule has 0 radical (unpaired) electrons. The second kappa shape index (κ2) is 6.01. The van der Waals surface area contributed by atoms with E-state index in [4.69, 9.17) is 10.5 Å². The molecule has 1 aromatic rings. The molecule has 3 heteroatoms. The zero-order valence-corrected chi connectivity index (χ0v) is 10.9. The van der Waals surface area contributed by atoms with Crippen LogP contribution in [0.15, 0.2) is 18.2 Å². The lowest BCUT2D eigenvalue weighted by atomic mass is 9.93. The monoisotopic (exact) mass is 239 g/mol. The Balaban J connectivity index is 2.58. The van der Waals surface area contributed by atoms with Gasteiger partial charge in [0.15, 0.2) is 0 Å². The second-order valence-corrected chi connectivity index (χ2v) is 5.49. The van der Waals surface area contributed by atoms with Gasteiger partial charge >= 0.3 is 0 Å². The number of rotatable bonds is 5. The van der Waals surface area contributed by atoms with Gasteiger partial charge in [0, 0.05) is 6.07 Å². The van der Waals surface area contributed by atoms with Gasteiger partial charge in [0.1, 0.15) is 11.6 Å². The normalized spacial score (nSPS) is 11.6. The SMILES string of the molecule is CC(C)(C)CCOc1cc(F)cc(CCN)c1. The second-order valence-electron chi connectivity index (χ2n) is 5.49. The average Bonchev–Trinajstić information content (AvgIpc) is 2.15. The van der Waals surface area contributed by atoms with Crippen LogP contribution in [-0.2, 0) is 6.42 Å². The molecular weight excluding hydrogens is 217 g/mol. The first-order valence-electron chi connectivity index (χ1n) is 6.03. The smallest absolute Gasteiger partial charge is 0.127 e. The first-order valence-corrected chi connectivity index (χ1v) is 6.03. The van der Waals surface area contributed by atoms with Crippen LogP contribution in [0.4, 0.5) is 4.39 Å². The predicted octanol–water partition coefficient (Wildman–Crippen LogP) is 3.14. The van der Waals surface area contributed by atoms with Crippen molar-refractivity contribution in [2.75, 3.05) is 13.2 Å². The van der Waals surface area contributed by atoms with Gasteiger partial charge in [-0.1, -0.05) is 20.8 Å². The van der Waals surface area contributed by atoms with Gasteiger partial charge in [-0.25, -0.2) is 4.39 Å². The first kappa shape index (κ1) is 14.0. The molecule has 0 bridgehead atoms. The summed E-state index contributed by atoms with van der Waals surface area (Å²) in [6.07, 6.45) is 1.61. The number of hydrogen-bond acceptors (Lipinski definition) is 2. The lowest BCUT2D eigenvalue weighted by Crippen LogP contribution is -2.11. The molecular formula is C14H22FNO. The van der Waals surface area contributed by atoms with Crippen molar-refractivity contribution in [3.63, 3.8) is 0 Å². The molecule has 0 aliphatic heterocycles. The van der Waals surface area contributed by atoms with E-state index in [0.29, 0.717) is 25.3 Å². The molecule has 0 fully saturated rings. The van der Waals surface area contributed by atoms with Crippen LogP contribution in [0.5, 0.6) is 5.75 Å². The molecule has 17 heavy (non-hydrogen) atoms. The van der Waals surface area contributed by atoms with E-state index < -0.39 is 0 Å². The van der Waals surface area contributed by atoms with E-state index in [0.717, 1.165) is 12.0 Å². The van der Waals surface area contributed by atoms with Crippen molar-refractivity contribution in [3.05, 3.63) is 29.6 Å². The van der Waals surface area contributed by atoms with Crippen molar-refractivity contribution in [2.24, 2.45) is 11.1 Å². The van der Waals surface area contributed by atoms with Crippen LogP contribution in [0.3, 0.4) is 0 Å². The predicted molar refractivity (Wildman–Crippen MR) is 68.7 cm³/mol. The Labute approximate surface area is 103 Å². The van der Waals surface area contributed by atoms with Crippen LogP contribution in [0, 0.1) is 11.2 Å². The molecule has 96 valence electrons. The Kier molecular flexibility index (Phi) is 4.94. The molecule has 0 saturated carbocycles. The number of nitrogens with two attached hydrogens (primary N) is 1. The summed E-state index contributed by atoms with van der Waals surface area (Å²) < 4.78 is 18.9. The van der Waals surface area contributed by atoms with Gasteiger partial charge in [0.2, 0.25) is 0 Å². The number of halogens is 1. The lowest BCUT2D eigenvalue weighted by molar-refractivity contribution is 0.242. The Morgan fingerprint density at radius 2 is 1.94 bits per heavy atom. The maximum atomic E-state index is 13.3. The molecule has 0 aliphatic rings. The minimum Gasteiger partial charge on any atom is -0.493 e. The Morgan fingerprint density at radius 1 is 1.24 bits per heavy atom. The van der Waals surface area contributed by atoms with Gasteiger partial charge in [0.25, 0.3) is 0 Å². The summed E-state index contributed by atoms with van der Waals surface area (Å²) in [6.45, 7) is 7.59. The fourth-order valence-corrected chi connectivity index (χ4v) is 1.49. The molecule has 0 atom stereocenters. The van der Waals surface area contributed by atoms with Crippen LogP contribution in [0.25, 0.3) is 0 Å². The van der Waals surface area contributed by atoms with Gasteiger partial charge in [0.05, 0.1) is 6.61 Å². The summed E-state index contributed by atoms with van der Waals surface area (Å²) in [6, 6.07) is 4.78. The van der Waals surface area contributed by atoms with E-state index in [-0.39, 0.29) is 11.2 Å². The number of hydrogen-bond donors (Lipinski definition) is 1. The van der Waals surface area contributed by atoms with Crippen molar-refractivity contribution in [1.29, 1.82) is 0 Å². The molecule has 2 nitrogen and oxygen atoms in total. The highest BCUT2D eigenvalue weighted by atomic mass is 19.1. The minimum atomic E-state index is -0.262. The van der Waals surface area contributed by atoms with Crippen LogP contribution in [0.1, 0.15) is 32.8 Å². The molecule has 2 N–H and O–H groups in total. The van der Waals surface area contributed by atoms with Crippen LogP contribution < -0.4 is 10.5 Å². The largest absolute Gasteiger partial charge is 0.493 e. The van der Waals surface area contributed by atoms with Crippen molar-refractivity contribution in [2.45, 2.75) is 33.6 Å². The van der Waals surface area contributed by atoms with Crippen LogP contribution in [0.2, 0.25) is 0 Å². The van der Waals surface area contributed by atoms with Crippen LogP contribution >= 0.6 is 0 Å². The van der Waals surface area contributed by atoms with Gasteiger partial charge < -0.3 is 10.5 Å². The Morgan fingerprint density at radius 3 is 2.53 bits per heavy atom. The van der Waals surface area contributed by atoms with Gasteiger partial charge in [-0.3, -0.25) is 0 Å². The molecule has 0 spiro atoms. The summed E-state index contributed by atoms with van der Waals surface area (Å²) in [7, 11) is 0. The third-order valence-electron chi connectivity index (χ3n) is 2.48. The van der Waals surface area contributed by atoms with E-state index in [1.807, 2.05) is 6.07 Å². The molecule has 0 saturated heterocycles. The maximum Gasteiger partial charge on any atom is 0.127 e.